The molecule has 2 N–H and O–H groups in total. The summed E-state index contributed by atoms with van der Waals surface area (Å²) in [5.74, 6) is 0.388. The molecule has 1 aromatic heterocycles. The van der Waals surface area contributed by atoms with Gasteiger partial charge in [0.1, 0.15) is 5.15 Å². The smallest absolute Gasteiger partial charge is 0.171 e. The first-order valence-electron chi connectivity index (χ1n) is 6.13. The first-order chi connectivity index (χ1) is 8.69. The van der Waals surface area contributed by atoms with Crippen LogP contribution < -0.4 is 10.6 Å². The fourth-order valence-electron chi connectivity index (χ4n) is 2.53. The molecule has 98 valence electrons. The van der Waals surface area contributed by atoms with E-state index in [1.807, 2.05) is 0 Å². The van der Waals surface area contributed by atoms with Crippen LogP contribution in [0, 0.1) is 0 Å². The third kappa shape index (κ3) is 2.13. The van der Waals surface area contributed by atoms with Gasteiger partial charge in [0.25, 0.3) is 0 Å². The molecule has 2 aliphatic rings. The molecule has 0 bridgehead atoms. The van der Waals surface area contributed by atoms with Crippen LogP contribution in [-0.2, 0) is 9.47 Å². The number of hydrogen-bond acceptors (Lipinski definition) is 5. The van der Waals surface area contributed by atoms with Crippen LogP contribution in [0.2, 0.25) is 5.15 Å². The zero-order chi connectivity index (χ0) is 12.6. The summed E-state index contributed by atoms with van der Waals surface area (Å²) in [5, 5.41) is 0.466. The molecule has 18 heavy (non-hydrogen) atoms. The number of nitrogen functional groups attached to an aromatic ring is 1. The van der Waals surface area contributed by atoms with Gasteiger partial charge in [-0.05, 0) is 12.1 Å². The van der Waals surface area contributed by atoms with E-state index in [-0.39, 0.29) is 5.79 Å². The highest BCUT2D eigenvalue weighted by molar-refractivity contribution is 6.29. The van der Waals surface area contributed by atoms with Crippen molar-refractivity contribution in [2.45, 2.75) is 18.6 Å². The molecule has 0 aromatic carbocycles. The Morgan fingerprint density at radius 3 is 2.56 bits per heavy atom. The highest BCUT2D eigenvalue weighted by Crippen LogP contribution is 2.34. The highest BCUT2D eigenvalue weighted by atomic mass is 35.5. The monoisotopic (exact) mass is 269 g/mol. The van der Waals surface area contributed by atoms with Gasteiger partial charge in [-0.15, -0.1) is 0 Å². The van der Waals surface area contributed by atoms with Gasteiger partial charge in [0.05, 0.1) is 18.9 Å². The van der Waals surface area contributed by atoms with Crippen molar-refractivity contribution in [1.29, 1.82) is 0 Å². The number of ether oxygens (including phenoxy) is 2. The highest BCUT2D eigenvalue weighted by Gasteiger charge is 2.40. The second kappa shape index (κ2) is 4.57. The van der Waals surface area contributed by atoms with Crippen molar-refractivity contribution < 1.29 is 9.47 Å². The molecule has 1 aromatic rings. The van der Waals surface area contributed by atoms with Crippen molar-refractivity contribution in [2.24, 2.45) is 0 Å². The van der Waals surface area contributed by atoms with Crippen molar-refractivity contribution in [3.05, 3.63) is 17.3 Å². The zero-order valence-corrected chi connectivity index (χ0v) is 10.8. The minimum atomic E-state index is -0.371. The lowest BCUT2D eigenvalue weighted by atomic mass is 10.0. The second-order valence-corrected chi connectivity index (χ2v) is 5.03. The molecule has 0 saturated carbocycles. The van der Waals surface area contributed by atoms with Crippen molar-refractivity contribution in [3.8, 4) is 0 Å². The van der Waals surface area contributed by atoms with Crippen LogP contribution in [0.5, 0.6) is 0 Å². The maximum absolute atomic E-state index is 5.94. The Morgan fingerprint density at radius 2 is 1.89 bits per heavy atom. The van der Waals surface area contributed by atoms with Crippen LogP contribution in [0.25, 0.3) is 0 Å². The van der Waals surface area contributed by atoms with Crippen LogP contribution >= 0.6 is 11.6 Å². The van der Waals surface area contributed by atoms with Crippen LogP contribution in [0.15, 0.2) is 12.1 Å². The molecule has 0 unspecified atom stereocenters. The van der Waals surface area contributed by atoms with Crippen LogP contribution in [-0.4, -0.2) is 37.1 Å². The second-order valence-electron chi connectivity index (χ2n) is 4.64. The Hall–Kier alpha value is -1.04. The average molecular weight is 270 g/mol. The molecule has 0 aliphatic carbocycles. The van der Waals surface area contributed by atoms with Crippen molar-refractivity contribution in [1.82, 2.24) is 4.98 Å². The zero-order valence-electron chi connectivity index (χ0n) is 10.1. The van der Waals surface area contributed by atoms with Gasteiger partial charge in [0, 0.05) is 25.9 Å². The molecule has 3 rings (SSSR count). The van der Waals surface area contributed by atoms with E-state index >= 15 is 0 Å². The first kappa shape index (κ1) is 12.0. The number of rotatable bonds is 1. The lowest BCUT2D eigenvalue weighted by molar-refractivity contribution is -0.169. The largest absolute Gasteiger partial charge is 0.396 e. The summed E-state index contributed by atoms with van der Waals surface area (Å²) >= 11 is 5.91. The van der Waals surface area contributed by atoms with Crippen molar-refractivity contribution in [3.63, 3.8) is 0 Å². The lowest BCUT2D eigenvalue weighted by Crippen LogP contribution is -2.45. The average Bonchev–Trinajstić information content (AvgIpc) is 2.82. The fraction of sp³-hybridized carbons (Fsp3) is 0.583. The molecule has 5 nitrogen and oxygen atoms in total. The van der Waals surface area contributed by atoms with Gasteiger partial charge in [0.2, 0.25) is 0 Å². The van der Waals surface area contributed by atoms with E-state index in [2.05, 4.69) is 9.88 Å². The topological polar surface area (TPSA) is 60.6 Å². The van der Waals surface area contributed by atoms with Crippen LogP contribution in [0.3, 0.4) is 0 Å². The maximum Gasteiger partial charge on any atom is 0.171 e. The summed E-state index contributed by atoms with van der Waals surface area (Å²) in [4.78, 5) is 6.43. The minimum absolute atomic E-state index is 0.371. The molecular formula is C12H16ClN3O2. The summed E-state index contributed by atoms with van der Waals surface area (Å²) in [6, 6.07) is 3.49. The van der Waals surface area contributed by atoms with E-state index < -0.39 is 0 Å². The number of pyridine rings is 1. The Morgan fingerprint density at radius 1 is 1.22 bits per heavy atom. The Labute approximate surface area is 111 Å². The summed E-state index contributed by atoms with van der Waals surface area (Å²) in [6.07, 6.45) is 1.67. The minimum Gasteiger partial charge on any atom is -0.396 e. The molecule has 6 heteroatoms. The van der Waals surface area contributed by atoms with E-state index in [0.29, 0.717) is 24.1 Å². The summed E-state index contributed by atoms with van der Waals surface area (Å²) in [7, 11) is 0. The van der Waals surface area contributed by atoms with Crippen LogP contribution in [0.4, 0.5) is 11.5 Å². The van der Waals surface area contributed by atoms with E-state index in [9.17, 15) is 0 Å². The van der Waals surface area contributed by atoms with Crippen molar-refractivity contribution in [2.75, 3.05) is 36.9 Å². The molecule has 2 saturated heterocycles. The molecule has 3 heterocycles. The number of piperidine rings is 1. The molecule has 1 spiro atoms. The number of nitrogens with zero attached hydrogens (tertiary/aromatic N) is 2. The molecule has 2 fully saturated rings. The molecule has 0 radical (unpaired) electrons. The normalized spacial score (nSPS) is 22.6. The van der Waals surface area contributed by atoms with E-state index in [4.69, 9.17) is 26.8 Å². The SMILES string of the molecule is Nc1ccc(Cl)nc1N1CCC2(CC1)OCCO2. The number of nitrogens with two attached hydrogens (primary N) is 1. The molecular weight excluding hydrogens is 254 g/mol. The predicted molar refractivity (Wildman–Crippen MR) is 69.7 cm³/mol. The van der Waals surface area contributed by atoms with Gasteiger partial charge < -0.3 is 20.1 Å². The predicted octanol–water partition coefficient (Wildman–Crippen LogP) is 1.66. The molecule has 0 amide bonds. The third-order valence-electron chi connectivity index (χ3n) is 3.51. The molecule has 0 atom stereocenters. The standard InChI is InChI=1S/C12H16ClN3O2/c13-10-2-1-9(14)11(15-10)16-5-3-12(4-6-16)17-7-8-18-12/h1-2H,3-8,14H2. The number of halogens is 1. The van der Waals surface area contributed by atoms with Gasteiger partial charge in [-0.3, -0.25) is 0 Å². The van der Waals surface area contributed by atoms with E-state index in [1.54, 1.807) is 12.1 Å². The van der Waals surface area contributed by atoms with E-state index in [1.165, 1.54) is 0 Å². The summed E-state index contributed by atoms with van der Waals surface area (Å²) < 4.78 is 11.4. The third-order valence-corrected chi connectivity index (χ3v) is 3.72. The number of hydrogen-bond donors (Lipinski definition) is 1. The Bertz CT molecular complexity index is 439. The quantitative estimate of drug-likeness (QED) is 0.786. The maximum atomic E-state index is 5.94. The summed E-state index contributed by atoms with van der Waals surface area (Å²) in [6.45, 7) is 3.02. The van der Waals surface area contributed by atoms with Gasteiger partial charge in [0.15, 0.2) is 11.6 Å². The number of aromatic nitrogens is 1. The van der Waals surface area contributed by atoms with E-state index in [0.717, 1.165) is 31.7 Å². The number of anilines is 2. The lowest BCUT2D eigenvalue weighted by Gasteiger charge is -2.38. The van der Waals surface area contributed by atoms with Crippen molar-refractivity contribution >= 4 is 23.1 Å². The first-order valence-corrected chi connectivity index (χ1v) is 6.51. The Balaban J connectivity index is 1.74. The fourth-order valence-corrected chi connectivity index (χ4v) is 2.68. The molecule has 2 aliphatic heterocycles. The van der Waals surface area contributed by atoms with Crippen LogP contribution in [0.1, 0.15) is 12.8 Å². The van der Waals surface area contributed by atoms with Gasteiger partial charge in [-0.1, -0.05) is 11.6 Å². The van der Waals surface area contributed by atoms with Gasteiger partial charge >= 0.3 is 0 Å². The summed E-state index contributed by atoms with van der Waals surface area (Å²) in [5.41, 5.74) is 6.60. The van der Waals surface area contributed by atoms with Gasteiger partial charge in [-0.25, -0.2) is 4.98 Å². The van der Waals surface area contributed by atoms with Gasteiger partial charge in [-0.2, -0.15) is 0 Å². The Kier molecular flexibility index (Phi) is 3.05.